The molecule has 0 spiro atoms. The van der Waals surface area contributed by atoms with Gasteiger partial charge in [0, 0.05) is 5.56 Å². The zero-order chi connectivity index (χ0) is 26.8. The number of hydrogen-bond acceptors (Lipinski definition) is 7. The van der Waals surface area contributed by atoms with Crippen LogP contribution in [0.15, 0.2) is 107 Å². The highest BCUT2D eigenvalue weighted by Crippen LogP contribution is 2.30. The maximum atomic E-state index is 14.8. The zero-order valence-electron chi connectivity index (χ0n) is 19.5. The van der Waals surface area contributed by atoms with Gasteiger partial charge in [0.1, 0.15) is 17.2 Å². The van der Waals surface area contributed by atoms with Crippen molar-refractivity contribution in [2.75, 3.05) is 0 Å². The van der Waals surface area contributed by atoms with E-state index >= 15 is 0 Å². The van der Waals surface area contributed by atoms with Crippen molar-refractivity contribution >= 4 is 48.0 Å². The van der Waals surface area contributed by atoms with Crippen molar-refractivity contribution in [2.24, 2.45) is 4.36 Å². The summed E-state index contributed by atoms with van der Waals surface area (Å²) < 4.78 is 70.2. The minimum Gasteiger partial charge on any atom is -0.373 e. The van der Waals surface area contributed by atoms with Crippen LogP contribution in [0.1, 0.15) is 5.56 Å². The lowest BCUT2D eigenvalue weighted by Crippen LogP contribution is -2.16. The monoisotopic (exact) mass is 547 g/mol. The summed E-state index contributed by atoms with van der Waals surface area (Å²) >= 11 is 0. The van der Waals surface area contributed by atoms with Crippen LogP contribution in [0.3, 0.4) is 0 Å². The molecule has 0 aliphatic rings. The van der Waals surface area contributed by atoms with Crippen LogP contribution in [0, 0.1) is 12.3 Å². The molecule has 0 bridgehead atoms. The quantitative estimate of drug-likeness (QED) is 0.129. The molecule has 7 nitrogen and oxygen atoms in total. The van der Waals surface area contributed by atoms with Gasteiger partial charge in [-0.25, -0.2) is 0 Å². The number of terminal acetylenes is 1. The first-order chi connectivity index (χ1) is 18.2. The second-order valence-electron chi connectivity index (χ2n) is 8.00. The molecule has 0 aliphatic carbocycles. The average molecular weight is 548 g/mol. The van der Waals surface area contributed by atoms with Gasteiger partial charge in [0.05, 0.1) is 5.69 Å². The predicted octanol–water partition coefficient (Wildman–Crippen LogP) is 6.65. The average Bonchev–Trinajstić information content (AvgIpc) is 2.89. The molecule has 5 rings (SSSR count). The van der Waals surface area contributed by atoms with Crippen LogP contribution in [0.5, 0.6) is 17.2 Å². The third-order valence-electron chi connectivity index (χ3n) is 5.37. The summed E-state index contributed by atoms with van der Waals surface area (Å²) in [7, 11) is -9.12. The molecule has 0 N–H and O–H groups in total. The highest BCUT2D eigenvalue weighted by atomic mass is 32.3. The molecule has 0 aromatic heterocycles. The summed E-state index contributed by atoms with van der Waals surface area (Å²) in [5.41, 5.74) is 0.369. The molecule has 10 heteroatoms. The molecule has 0 saturated carbocycles. The van der Waals surface area contributed by atoms with Crippen LogP contribution in [0.2, 0.25) is 0 Å². The van der Waals surface area contributed by atoms with Crippen molar-refractivity contribution in [3.8, 4) is 29.6 Å². The van der Waals surface area contributed by atoms with E-state index in [0.29, 0.717) is 5.56 Å². The third-order valence-corrected chi connectivity index (χ3v) is 6.99. The van der Waals surface area contributed by atoms with Gasteiger partial charge in [-0.2, -0.15) is 4.21 Å². The van der Waals surface area contributed by atoms with Gasteiger partial charge in [0.2, 0.25) is 0 Å². The fourth-order valence-electron chi connectivity index (χ4n) is 3.75. The highest BCUT2D eigenvalue weighted by Gasteiger charge is 2.17. The van der Waals surface area contributed by atoms with Gasteiger partial charge in [0.15, 0.2) is 0 Å². The van der Waals surface area contributed by atoms with Gasteiger partial charge in [-0.15, -0.1) is 19.2 Å². The maximum Gasteiger partial charge on any atom is 0.500 e. The minimum atomic E-state index is -4.63. The summed E-state index contributed by atoms with van der Waals surface area (Å²) in [6, 6.07) is 27.2. The Morgan fingerprint density at radius 3 is 2.05 bits per heavy atom. The lowest BCUT2D eigenvalue weighted by atomic mass is 10.0. The summed E-state index contributed by atoms with van der Waals surface area (Å²) in [6.45, 7) is 0. The summed E-state index contributed by atoms with van der Waals surface area (Å²) in [4.78, 5) is 0. The number of fused-ring (bicyclic) bond motifs is 3. The van der Waals surface area contributed by atoms with E-state index in [1.807, 2.05) is 36.4 Å². The largest absolute Gasteiger partial charge is 0.500 e. The van der Waals surface area contributed by atoms with Crippen LogP contribution < -0.4 is 12.5 Å². The van der Waals surface area contributed by atoms with Crippen LogP contribution in [0.4, 0.5) is 9.57 Å². The molecule has 38 heavy (non-hydrogen) atoms. The second-order valence-corrected chi connectivity index (χ2v) is 10.3. The Balaban J connectivity index is 1.32. The highest BCUT2D eigenvalue weighted by molar-refractivity contribution is 7.84. The van der Waals surface area contributed by atoms with E-state index in [0.717, 1.165) is 21.5 Å². The van der Waals surface area contributed by atoms with E-state index in [4.69, 9.17) is 19.0 Å². The van der Waals surface area contributed by atoms with E-state index in [-0.39, 0.29) is 22.9 Å². The number of halogens is 1. The van der Waals surface area contributed by atoms with E-state index < -0.39 is 20.8 Å². The standard InChI is InChI=1S/C28H18FNO6S2/c1-2-20-6-5-8-25(18-20)36-38(32,33)35-24-16-13-23(14-17-24)30-37(29,31)34-26-15-12-22-11-10-21-7-3-4-9-27(21)28(22)19-26/h1,3-19H. The van der Waals surface area contributed by atoms with Crippen molar-refractivity contribution in [3.63, 3.8) is 0 Å². The molecular formula is C28H18FNO6S2. The molecule has 0 heterocycles. The van der Waals surface area contributed by atoms with Crippen molar-refractivity contribution in [1.82, 2.24) is 0 Å². The van der Waals surface area contributed by atoms with Crippen molar-refractivity contribution in [2.45, 2.75) is 0 Å². The van der Waals surface area contributed by atoms with E-state index in [2.05, 4.69) is 10.3 Å². The molecule has 0 amide bonds. The van der Waals surface area contributed by atoms with Crippen LogP contribution in [0.25, 0.3) is 21.5 Å². The molecule has 0 radical (unpaired) electrons. The van der Waals surface area contributed by atoms with E-state index in [9.17, 15) is 16.5 Å². The predicted molar refractivity (Wildman–Crippen MR) is 144 cm³/mol. The van der Waals surface area contributed by atoms with Crippen LogP contribution in [-0.2, 0) is 20.8 Å². The molecule has 0 aliphatic heterocycles. The number of rotatable bonds is 7. The Hall–Kier alpha value is -4.59. The molecule has 1 unspecified atom stereocenters. The lowest BCUT2D eigenvalue weighted by Gasteiger charge is -2.09. The van der Waals surface area contributed by atoms with Gasteiger partial charge in [0.25, 0.3) is 0 Å². The summed E-state index contributed by atoms with van der Waals surface area (Å²) in [5.74, 6) is 2.25. The minimum absolute atomic E-state index is 0.0249. The van der Waals surface area contributed by atoms with Gasteiger partial charge in [-0.1, -0.05) is 58.3 Å². The Labute approximate surface area is 219 Å². The fourth-order valence-corrected chi connectivity index (χ4v) is 5.22. The van der Waals surface area contributed by atoms with E-state index in [1.54, 1.807) is 18.2 Å². The van der Waals surface area contributed by atoms with Crippen molar-refractivity contribution in [3.05, 3.63) is 109 Å². The first-order valence-corrected chi connectivity index (χ1v) is 13.8. The lowest BCUT2D eigenvalue weighted by molar-refractivity contribution is 0.392. The normalized spacial score (nSPS) is 12.8. The van der Waals surface area contributed by atoms with Gasteiger partial charge >= 0.3 is 20.8 Å². The Morgan fingerprint density at radius 1 is 0.658 bits per heavy atom. The third kappa shape index (κ3) is 5.86. The van der Waals surface area contributed by atoms with Gasteiger partial charge < -0.3 is 12.5 Å². The smallest absolute Gasteiger partial charge is 0.373 e. The second kappa shape index (κ2) is 10.0. The number of hydrogen-bond donors (Lipinski definition) is 0. The Kier molecular flexibility index (Phi) is 6.63. The molecule has 0 fully saturated rings. The van der Waals surface area contributed by atoms with Crippen molar-refractivity contribution < 1.29 is 29.1 Å². The molecular weight excluding hydrogens is 529 g/mol. The molecule has 5 aromatic rings. The van der Waals surface area contributed by atoms with Gasteiger partial charge in [-0.3, -0.25) is 0 Å². The Bertz CT molecular complexity index is 1940. The SMILES string of the molecule is C#Cc1cccc(OS(=O)(=O)Oc2ccc(N=S(=O)(F)Oc3ccc4ccc5ccccc5c4c3)cc2)c1. The number of nitrogens with zero attached hydrogens (tertiary/aromatic N) is 1. The molecule has 0 saturated heterocycles. The van der Waals surface area contributed by atoms with Crippen molar-refractivity contribution in [1.29, 1.82) is 0 Å². The first kappa shape index (κ1) is 25.1. The topological polar surface area (TPSA) is 91.3 Å². The molecule has 190 valence electrons. The summed E-state index contributed by atoms with van der Waals surface area (Å²) in [5, 5.41) is 3.66. The maximum absolute atomic E-state index is 14.8. The number of benzene rings is 5. The fraction of sp³-hybridized carbons (Fsp3) is 0. The molecule has 1 atom stereocenters. The summed E-state index contributed by atoms with van der Waals surface area (Å²) in [6.07, 6.45) is 5.30. The zero-order valence-corrected chi connectivity index (χ0v) is 21.1. The first-order valence-electron chi connectivity index (χ1n) is 11.1. The van der Waals surface area contributed by atoms with Gasteiger partial charge in [-0.05, 0) is 76.1 Å². The molecule has 5 aromatic carbocycles. The Morgan fingerprint density at radius 2 is 1.29 bits per heavy atom. The van der Waals surface area contributed by atoms with E-state index in [1.165, 1.54) is 48.5 Å². The van der Waals surface area contributed by atoms with Crippen LogP contribution in [-0.4, -0.2) is 12.6 Å². The van der Waals surface area contributed by atoms with Crippen LogP contribution >= 0.6 is 0 Å².